The third kappa shape index (κ3) is 6.01. The van der Waals surface area contributed by atoms with E-state index in [-0.39, 0.29) is 17.5 Å². The Balaban J connectivity index is 2.10. The van der Waals surface area contributed by atoms with Gasteiger partial charge in [0.05, 0.1) is 4.47 Å². The number of nitrogens with zero attached hydrogens (tertiary/aromatic N) is 1. The zero-order valence-corrected chi connectivity index (χ0v) is 17.6. The molecule has 0 saturated carbocycles. The van der Waals surface area contributed by atoms with Crippen LogP contribution in [0, 0.1) is 11.3 Å². The van der Waals surface area contributed by atoms with Gasteiger partial charge in [-0.15, -0.1) is 0 Å². The smallest absolute Gasteiger partial charge is 0.262 e. The van der Waals surface area contributed by atoms with Crippen molar-refractivity contribution in [1.29, 1.82) is 5.26 Å². The molecule has 26 heavy (non-hydrogen) atoms. The standard InChI is InChI=1S/C20H18Br2N2O2/c1-13(2)24-20(25)16(11-23)9-15-5-8-19(18(22)10-15)26-12-14-3-6-17(21)7-4-14/h3-10,13H,12H2,1-2H3,(H,24,25)/b16-9-. The Hall–Kier alpha value is -2.10. The zero-order valence-electron chi connectivity index (χ0n) is 14.4. The average Bonchev–Trinajstić information content (AvgIpc) is 2.59. The first-order chi connectivity index (χ1) is 12.4. The number of ether oxygens (including phenoxy) is 1. The van der Waals surface area contributed by atoms with Crippen LogP contribution in [0.25, 0.3) is 6.08 Å². The van der Waals surface area contributed by atoms with E-state index in [1.165, 1.54) is 0 Å². The van der Waals surface area contributed by atoms with Crippen LogP contribution >= 0.6 is 31.9 Å². The molecule has 0 aliphatic carbocycles. The van der Waals surface area contributed by atoms with Gasteiger partial charge in [0.2, 0.25) is 0 Å². The summed E-state index contributed by atoms with van der Waals surface area (Å²) in [6.45, 7) is 4.14. The fraction of sp³-hybridized carbons (Fsp3) is 0.200. The SMILES string of the molecule is CC(C)NC(=O)/C(C#N)=C\c1ccc(OCc2ccc(Br)cc2)c(Br)c1. The lowest BCUT2D eigenvalue weighted by Gasteiger charge is -2.10. The lowest BCUT2D eigenvalue weighted by atomic mass is 10.1. The van der Waals surface area contributed by atoms with Gasteiger partial charge in [-0.05, 0) is 71.2 Å². The van der Waals surface area contributed by atoms with Crippen LogP contribution in [0.3, 0.4) is 0 Å². The van der Waals surface area contributed by atoms with Gasteiger partial charge in [-0.25, -0.2) is 0 Å². The minimum absolute atomic E-state index is 0.0274. The molecule has 2 aromatic carbocycles. The summed E-state index contributed by atoms with van der Waals surface area (Å²) in [5, 5.41) is 11.9. The Kier molecular flexibility index (Phi) is 7.43. The predicted molar refractivity (Wildman–Crippen MR) is 109 cm³/mol. The Morgan fingerprint density at radius 3 is 2.50 bits per heavy atom. The van der Waals surface area contributed by atoms with Crippen molar-refractivity contribution in [3.05, 3.63) is 68.1 Å². The minimum atomic E-state index is -0.380. The summed E-state index contributed by atoms with van der Waals surface area (Å²) < 4.78 is 7.60. The molecule has 2 aromatic rings. The van der Waals surface area contributed by atoms with Crippen molar-refractivity contribution >= 4 is 43.8 Å². The summed E-state index contributed by atoms with van der Waals surface area (Å²) in [7, 11) is 0. The summed E-state index contributed by atoms with van der Waals surface area (Å²) in [5.74, 6) is 0.310. The van der Waals surface area contributed by atoms with Gasteiger partial charge in [0.15, 0.2) is 0 Å². The van der Waals surface area contributed by atoms with Gasteiger partial charge in [0.1, 0.15) is 24.0 Å². The van der Waals surface area contributed by atoms with Gasteiger partial charge >= 0.3 is 0 Å². The van der Waals surface area contributed by atoms with Crippen LogP contribution in [0.1, 0.15) is 25.0 Å². The molecule has 0 heterocycles. The number of halogens is 2. The Morgan fingerprint density at radius 1 is 1.23 bits per heavy atom. The molecule has 0 atom stereocenters. The quantitative estimate of drug-likeness (QED) is 0.458. The van der Waals surface area contributed by atoms with E-state index in [0.29, 0.717) is 12.4 Å². The van der Waals surface area contributed by atoms with Crippen molar-refractivity contribution in [2.75, 3.05) is 0 Å². The summed E-state index contributed by atoms with van der Waals surface area (Å²) in [6.07, 6.45) is 1.56. The van der Waals surface area contributed by atoms with Crippen LogP contribution in [0.4, 0.5) is 0 Å². The monoisotopic (exact) mass is 476 g/mol. The number of nitrogens with one attached hydrogen (secondary N) is 1. The van der Waals surface area contributed by atoms with Crippen molar-refractivity contribution in [3.8, 4) is 11.8 Å². The van der Waals surface area contributed by atoms with Crippen LogP contribution in [-0.4, -0.2) is 11.9 Å². The van der Waals surface area contributed by atoms with Crippen LogP contribution in [0.15, 0.2) is 57.0 Å². The fourth-order valence-corrected chi connectivity index (χ4v) is 2.90. The van der Waals surface area contributed by atoms with Gasteiger partial charge in [-0.3, -0.25) is 4.79 Å². The number of amides is 1. The van der Waals surface area contributed by atoms with E-state index in [2.05, 4.69) is 37.2 Å². The number of hydrogen-bond acceptors (Lipinski definition) is 3. The molecule has 1 N–H and O–H groups in total. The van der Waals surface area contributed by atoms with Gasteiger partial charge in [0.25, 0.3) is 5.91 Å². The maximum absolute atomic E-state index is 12.0. The van der Waals surface area contributed by atoms with Crippen LogP contribution in [0.2, 0.25) is 0 Å². The highest BCUT2D eigenvalue weighted by molar-refractivity contribution is 9.10. The molecule has 0 unspecified atom stereocenters. The Morgan fingerprint density at radius 2 is 1.92 bits per heavy atom. The lowest BCUT2D eigenvalue weighted by Crippen LogP contribution is -2.30. The first-order valence-corrected chi connectivity index (χ1v) is 9.57. The molecule has 0 aliphatic rings. The van der Waals surface area contributed by atoms with Crippen LogP contribution < -0.4 is 10.1 Å². The van der Waals surface area contributed by atoms with Gasteiger partial charge in [0, 0.05) is 10.5 Å². The van der Waals surface area contributed by atoms with Crippen LogP contribution in [0.5, 0.6) is 5.75 Å². The van der Waals surface area contributed by atoms with Crippen molar-refractivity contribution in [2.24, 2.45) is 0 Å². The Bertz CT molecular complexity index is 853. The highest BCUT2D eigenvalue weighted by Crippen LogP contribution is 2.28. The molecular weight excluding hydrogens is 460 g/mol. The number of rotatable bonds is 6. The van der Waals surface area contributed by atoms with Crippen molar-refractivity contribution < 1.29 is 9.53 Å². The molecule has 0 aromatic heterocycles. The average molecular weight is 478 g/mol. The predicted octanol–water partition coefficient (Wildman–Crippen LogP) is 5.22. The molecule has 0 saturated heterocycles. The molecule has 6 heteroatoms. The Labute approximate surface area is 170 Å². The summed E-state index contributed by atoms with van der Waals surface area (Å²) in [5.41, 5.74) is 1.86. The normalized spacial score (nSPS) is 11.2. The third-order valence-corrected chi connectivity index (χ3v) is 4.51. The number of nitriles is 1. The first kappa shape index (κ1) is 20.2. The van der Waals surface area contributed by atoms with Crippen molar-refractivity contribution in [1.82, 2.24) is 5.32 Å². The minimum Gasteiger partial charge on any atom is -0.488 e. The maximum atomic E-state index is 12.0. The molecule has 4 nitrogen and oxygen atoms in total. The third-order valence-electron chi connectivity index (χ3n) is 3.36. The molecular formula is C20H18Br2N2O2. The molecule has 0 aliphatic heterocycles. The van der Waals surface area contributed by atoms with Gasteiger partial charge in [-0.1, -0.05) is 34.1 Å². The first-order valence-electron chi connectivity index (χ1n) is 7.98. The molecule has 2 rings (SSSR count). The summed E-state index contributed by atoms with van der Waals surface area (Å²) in [6, 6.07) is 15.3. The maximum Gasteiger partial charge on any atom is 0.262 e. The second kappa shape index (κ2) is 9.56. The molecule has 0 spiro atoms. The molecule has 0 radical (unpaired) electrons. The van der Waals surface area contributed by atoms with E-state index in [1.807, 2.05) is 62.4 Å². The second-order valence-corrected chi connectivity index (χ2v) is 7.67. The number of carbonyl (C=O) groups is 1. The van der Waals surface area contributed by atoms with E-state index >= 15 is 0 Å². The van der Waals surface area contributed by atoms with E-state index in [1.54, 1.807) is 6.08 Å². The second-order valence-electron chi connectivity index (χ2n) is 5.90. The van der Waals surface area contributed by atoms with E-state index in [9.17, 15) is 10.1 Å². The van der Waals surface area contributed by atoms with Gasteiger partial charge < -0.3 is 10.1 Å². The topological polar surface area (TPSA) is 62.1 Å². The highest BCUT2D eigenvalue weighted by atomic mass is 79.9. The zero-order chi connectivity index (χ0) is 19.1. The highest BCUT2D eigenvalue weighted by Gasteiger charge is 2.11. The summed E-state index contributed by atoms with van der Waals surface area (Å²) >= 11 is 6.88. The van der Waals surface area contributed by atoms with Crippen LogP contribution in [-0.2, 0) is 11.4 Å². The van der Waals surface area contributed by atoms with Crippen molar-refractivity contribution in [2.45, 2.75) is 26.5 Å². The van der Waals surface area contributed by atoms with E-state index < -0.39 is 0 Å². The lowest BCUT2D eigenvalue weighted by molar-refractivity contribution is -0.117. The summed E-state index contributed by atoms with van der Waals surface area (Å²) in [4.78, 5) is 12.0. The molecule has 134 valence electrons. The number of hydrogen-bond donors (Lipinski definition) is 1. The fourth-order valence-electron chi connectivity index (χ4n) is 2.12. The van der Waals surface area contributed by atoms with E-state index in [4.69, 9.17) is 4.74 Å². The number of carbonyl (C=O) groups excluding carboxylic acids is 1. The molecule has 1 amide bonds. The molecule has 0 bridgehead atoms. The molecule has 0 fully saturated rings. The number of benzene rings is 2. The largest absolute Gasteiger partial charge is 0.488 e. The van der Waals surface area contributed by atoms with Gasteiger partial charge in [-0.2, -0.15) is 5.26 Å². The van der Waals surface area contributed by atoms with Crippen molar-refractivity contribution in [3.63, 3.8) is 0 Å². The van der Waals surface area contributed by atoms with E-state index in [0.717, 1.165) is 20.1 Å².